The second-order valence-corrected chi connectivity index (χ2v) is 5.66. The summed E-state index contributed by atoms with van der Waals surface area (Å²) in [5.74, 6) is 0. The van der Waals surface area contributed by atoms with Crippen LogP contribution >= 0.6 is 0 Å². The Balaban J connectivity index is 1.70. The van der Waals surface area contributed by atoms with Crippen molar-refractivity contribution >= 4 is 11.8 Å². The largest absolute Gasteiger partial charge is 0.447 e. The van der Waals surface area contributed by atoms with E-state index in [2.05, 4.69) is 10.5 Å². The predicted molar refractivity (Wildman–Crippen MR) is 76.8 cm³/mol. The Labute approximate surface area is 120 Å². The van der Waals surface area contributed by atoms with Crippen LogP contribution in [0.15, 0.2) is 5.16 Å². The Bertz CT molecular complexity index is 342. The molecule has 20 heavy (non-hydrogen) atoms. The van der Waals surface area contributed by atoms with Crippen molar-refractivity contribution in [3.8, 4) is 0 Å². The lowest BCUT2D eigenvalue weighted by molar-refractivity contribution is 0.00416. The van der Waals surface area contributed by atoms with Gasteiger partial charge >= 0.3 is 6.09 Å². The van der Waals surface area contributed by atoms with Crippen molar-refractivity contribution in [2.24, 2.45) is 5.16 Å². The van der Waals surface area contributed by atoms with Gasteiger partial charge in [-0.3, -0.25) is 0 Å². The minimum atomic E-state index is -0.221. The van der Waals surface area contributed by atoms with Gasteiger partial charge in [0.05, 0.1) is 11.8 Å². The summed E-state index contributed by atoms with van der Waals surface area (Å²) in [5, 5.41) is 7.53. The third kappa shape index (κ3) is 4.67. The van der Waals surface area contributed by atoms with E-state index in [9.17, 15) is 4.79 Å². The van der Waals surface area contributed by atoms with Crippen LogP contribution in [-0.4, -0.2) is 55.1 Å². The number of rotatable bonds is 3. The van der Waals surface area contributed by atoms with Crippen LogP contribution in [0.25, 0.3) is 0 Å². The summed E-state index contributed by atoms with van der Waals surface area (Å²) in [4.78, 5) is 19.1. The zero-order valence-corrected chi connectivity index (χ0v) is 12.4. The van der Waals surface area contributed by atoms with E-state index in [1.807, 2.05) is 13.8 Å². The average Bonchev–Trinajstić information content (AvgIpc) is 2.46. The van der Waals surface area contributed by atoms with Gasteiger partial charge in [-0.05, 0) is 33.2 Å². The molecule has 2 heterocycles. The van der Waals surface area contributed by atoms with Gasteiger partial charge in [0.25, 0.3) is 0 Å². The van der Waals surface area contributed by atoms with E-state index in [1.165, 1.54) is 0 Å². The van der Waals surface area contributed by atoms with Crippen LogP contribution in [0.2, 0.25) is 0 Å². The van der Waals surface area contributed by atoms with Gasteiger partial charge in [-0.2, -0.15) is 0 Å². The quantitative estimate of drug-likeness (QED) is 0.802. The van der Waals surface area contributed by atoms with Crippen LogP contribution in [-0.2, 0) is 9.57 Å². The van der Waals surface area contributed by atoms with Crippen molar-refractivity contribution in [2.45, 2.75) is 51.7 Å². The third-order valence-electron chi connectivity index (χ3n) is 3.52. The van der Waals surface area contributed by atoms with Gasteiger partial charge < -0.3 is 19.8 Å². The fourth-order valence-corrected chi connectivity index (χ4v) is 2.39. The summed E-state index contributed by atoms with van der Waals surface area (Å²) in [6, 6.07) is 0. The first-order chi connectivity index (χ1) is 9.65. The van der Waals surface area contributed by atoms with Crippen LogP contribution in [0, 0.1) is 0 Å². The number of oxime groups is 1. The smallest absolute Gasteiger partial charge is 0.410 e. The molecule has 0 unspecified atom stereocenters. The number of hydrogen-bond acceptors (Lipinski definition) is 5. The van der Waals surface area contributed by atoms with E-state index in [0.717, 1.165) is 44.5 Å². The molecule has 2 saturated heterocycles. The topological polar surface area (TPSA) is 63.2 Å². The second kappa shape index (κ2) is 7.47. The van der Waals surface area contributed by atoms with E-state index < -0.39 is 0 Å². The maximum atomic E-state index is 11.7. The van der Waals surface area contributed by atoms with E-state index in [4.69, 9.17) is 9.57 Å². The molecule has 0 saturated carbocycles. The Kier molecular flexibility index (Phi) is 5.64. The van der Waals surface area contributed by atoms with Crippen molar-refractivity contribution in [1.29, 1.82) is 0 Å². The van der Waals surface area contributed by atoms with Crippen molar-refractivity contribution in [1.82, 2.24) is 10.2 Å². The van der Waals surface area contributed by atoms with Gasteiger partial charge in [-0.15, -0.1) is 0 Å². The molecule has 114 valence electrons. The van der Waals surface area contributed by atoms with Gasteiger partial charge in [-0.25, -0.2) is 4.79 Å². The zero-order chi connectivity index (χ0) is 14.4. The van der Waals surface area contributed by atoms with Crippen LogP contribution in [0.4, 0.5) is 4.79 Å². The van der Waals surface area contributed by atoms with Gasteiger partial charge in [0, 0.05) is 32.5 Å². The fraction of sp³-hybridized carbons (Fsp3) is 0.857. The van der Waals surface area contributed by atoms with Crippen molar-refractivity contribution < 1.29 is 14.4 Å². The molecule has 2 aliphatic heterocycles. The molecular weight excluding hydrogens is 258 g/mol. The lowest BCUT2D eigenvalue weighted by atomic mass is 10.1. The first kappa shape index (κ1) is 15.1. The summed E-state index contributed by atoms with van der Waals surface area (Å²) in [6.45, 7) is 6.98. The highest BCUT2D eigenvalue weighted by molar-refractivity contribution is 5.86. The molecule has 0 atom stereocenters. The number of likely N-dealkylation sites (tertiary alicyclic amines) is 1. The molecule has 1 amide bonds. The average molecular weight is 283 g/mol. The Morgan fingerprint density at radius 3 is 2.75 bits per heavy atom. The molecule has 0 aromatic heterocycles. The van der Waals surface area contributed by atoms with E-state index in [0.29, 0.717) is 13.1 Å². The zero-order valence-electron chi connectivity index (χ0n) is 12.4. The fourth-order valence-electron chi connectivity index (χ4n) is 2.39. The second-order valence-electron chi connectivity index (χ2n) is 5.66. The summed E-state index contributed by atoms with van der Waals surface area (Å²) >= 11 is 0. The molecule has 6 heteroatoms. The molecule has 6 nitrogen and oxygen atoms in total. The summed E-state index contributed by atoms with van der Waals surface area (Å²) in [6.07, 6.45) is 3.61. The molecular formula is C14H25N3O3. The molecule has 2 aliphatic rings. The van der Waals surface area contributed by atoms with Gasteiger partial charge in [-0.1, -0.05) is 5.16 Å². The van der Waals surface area contributed by atoms with Crippen molar-refractivity contribution in [3.63, 3.8) is 0 Å². The van der Waals surface area contributed by atoms with Gasteiger partial charge in [0.1, 0.15) is 6.10 Å². The maximum absolute atomic E-state index is 11.7. The molecule has 0 aromatic rings. The van der Waals surface area contributed by atoms with Crippen molar-refractivity contribution in [3.05, 3.63) is 0 Å². The Morgan fingerprint density at radius 2 is 2.15 bits per heavy atom. The van der Waals surface area contributed by atoms with Crippen LogP contribution in [0.5, 0.6) is 0 Å². The standard InChI is InChI=1S/C14H25N3O3/c1-11(2)19-14(18)17-8-5-13(6-9-17)20-16-12-4-3-7-15-10-12/h11,13,15H,3-10H2,1-2H3/b16-12-. The van der Waals surface area contributed by atoms with Gasteiger partial charge in [0.2, 0.25) is 0 Å². The number of hydrogen-bond donors (Lipinski definition) is 1. The minimum absolute atomic E-state index is 0.0679. The molecule has 0 radical (unpaired) electrons. The minimum Gasteiger partial charge on any atom is -0.447 e. The summed E-state index contributed by atoms with van der Waals surface area (Å²) in [5.41, 5.74) is 1.10. The third-order valence-corrected chi connectivity index (χ3v) is 3.52. The highest BCUT2D eigenvalue weighted by atomic mass is 16.6. The molecule has 2 rings (SSSR count). The predicted octanol–water partition coefficient (Wildman–Crippen LogP) is 1.75. The maximum Gasteiger partial charge on any atom is 0.410 e. The number of piperidine rings is 2. The van der Waals surface area contributed by atoms with Crippen LogP contribution in [0.1, 0.15) is 39.5 Å². The number of nitrogens with one attached hydrogen (secondary N) is 1. The monoisotopic (exact) mass is 283 g/mol. The number of nitrogens with zero attached hydrogens (tertiary/aromatic N) is 2. The Hall–Kier alpha value is -1.30. The first-order valence-corrected chi connectivity index (χ1v) is 7.53. The SMILES string of the molecule is CC(C)OC(=O)N1CCC(O/N=C2/CCCNC2)CC1. The lowest BCUT2D eigenvalue weighted by Gasteiger charge is -2.30. The number of amides is 1. The summed E-state index contributed by atoms with van der Waals surface area (Å²) in [7, 11) is 0. The molecule has 0 aromatic carbocycles. The van der Waals surface area contributed by atoms with E-state index >= 15 is 0 Å². The lowest BCUT2D eigenvalue weighted by Crippen LogP contribution is -2.41. The molecule has 1 N–H and O–H groups in total. The van der Waals surface area contributed by atoms with Crippen LogP contribution < -0.4 is 5.32 Å². The summed E-state index contributed by atoms with van der Waals surface area (Å²) < 4.78 is 5.19. The first-order valence-electron chi connectivity index (χ1n) is 7.53. The Morgan fingerprint density at radius 1 is 1.40 bits per heavy atom. The molecule has 0 spiro atoms. The van der Waals surface area contributed by atoms with E-state index in [-0.39, 0.29) is 18.3 Å². The molecule has 0 bridgehead atoms. The van der Waals surface area contributed by atoms with Crippen molar-refractivity contribution in [2.75, 3.05) is 26.2 Å². The molecule has 2 fully saturated rings. The highest BCUT2D eigenvalue weighted by Crippen LogP contribution is 2.15. The molecule has 0 aliphatic carbocycles. The number of ether oxygens (including phenoxy) is 1. The number of carbonyl (C=O) groups excluding carboxylic acids is 1. The van der Waals surface area contributed by atoms with Crippen LogP contribution in [0.3, 0.4) is 0 Å². The normalized spacial score (nSPS) is 23.1. The highest BCUT2D eigenvalue weighted by Gasteiger charge is 2.25. The number of carbonyl (C=O) groups is 1. The van der Waals surface area contributed by atoms with Gasteiger partial charge in [0.15, 0.2) is 0 Å². The van der Waals surface area contributed by atoms with E-state index in [1.54, 1.807) is 4.90 Å².